The molecular weight excluding hydrogens is 438 g/mol. The molecule has 3 aliphatic heterocycles. The Balaban J connectivity index is 1.65. The van der Waals surface area contributed by atoms with Gasteiger partial charge in [-0.05, 0) is 105 Å². The molecule has 0 fully saturated rings. The highest BCUT2D eigenvalue weighted by atomic mass is 15.2. The van der Waals surface area contributed by atoms with Crippen LogP contribution in [0.15, 0.2) is 18.2 Å². The van der Waals surface area contributed by atoms with Gasteiger partial charge in [-0.3, -0.25) is 0 Å². The van der Waals surface area contributed by atoms with Crippen LogP contribution in [0, 0.1) is 0 Å². The van der Waals surface area contributed by atoms with E-state index in [0.29, 0.717) is 5.92 Å². The van der Waals surface area contributed by atoms with Crippen molar-refractivity contribution in [2.75, 3.05) is 36.0 Å². The van der Waals surface area contributed by atoms with Gasteiger partial charge in [0.15, 0.2) is 0 Å². The van der Waals surface area contributed by atoms with Crippen LogP contribution in [0.1, 0.15) is 119 Å². The van der Waals surface area contributed by atoms with Crippen LogP contribution in [0.2, 0.25) is 0 Å². The highest BCUT2D eigenvalue weighted by Gasteiger charge is 2.45. The molecule has 0 saturated carbocycles. The van der Waals surface area contributed by atoms with E-state index in [4.69, 9.17) is 0 Å². The number of benzene rings is 2. The van der Waals surface area contributed by atoms with Crippen LogP contribution < -0.4 is 14.8 Å². The van der Waals surface area contributed by atoms with Crippen LogP contribution in [0.5, 0.6) is 0 Å². The van der Waals surface area contributed by atoms with Crippen molar-refractivity contribution in [1.29, 1.82) is 0 Å². The topological polar surface area (TPSA) is 20.5 Å². The fraction of sp³-hybridized carbons (Fsp3) is 0.606. The molecule has 0 saturated heterocycles. The summed E-state index contributed by atoms with van der Waals surface area (Å²) in [4.78, 5) is 9.34. The fourth-order valence-electron chi connectivity index (χ4n) is 8.34. The quantitative estimate of drug-likeness (QED) is 0.624. The van der Waals surface area contributed by atoms with Gasteiger partial charge in [-0.25, -0.2) is 4.99 Å². The highest BCUT2D eigenvalue weighted by Crippen LogP contribution is 2.52. The van der Waals surface area contributed by atoms with Crippen molar-refractivity contribution in [3.05, 3.63) is 57.1 Å². The second-order valence-corrected chi connectivity index (χ2v) is 13.0. The second-order valence-electron chi connectivity index (χ2n) is 13.0. The second kappa shape index (κ2) is 8.36. The Morgan fingerprint density at radius 1 is 0.972 bits per heavy atom. The summed E-state index contributed by atoms with van der Waals surface area (Å²) in [6, 6.07) is 7.79. The van der Waals surface area contributed by atoms with Gasteiger partial charge in [-0.15, -0.1) is 0 Å². The Morgan fingerprint density at radius 3 is 2.44 bits per heavy atom. The van der Waals surface area contributed by atoms with Gasteiger partial charge in [-0.1, -0.05) is 27.7 Å². The summed E-state index contributed by atoms with van der Waals surface area (Å²) in [5.41, 5.74) is 15.5. The zero-order valence-corrected chi connectivity index (χ0v) is 23.8. The summed E-state index contributed by atoms with van der Waals surface area (Å²) in [6.45, 7) is 21.5. The summed E-state index contributed by atoms with van der Waals surface area (Å²) in [5, 5.41) is 0. The molecule has 0 spiro atoms. The van der Waals surface area contributed by atoms with E-state index in [1.807, 2.05) is 0 Å². The molecule has 1 atom stereocenters. The van der Waals surface area contributed by atoms with Gasteiger partial charge in [0.25, 0.3) is 0 Å². The number of anilines is 2. The van der Waals surface area contributed by atoms with Crippen molar-refractivity contribution in [2.24, 2.45) is 0 Å². The minimum absolute atomic E-state index is 0.0217. The fourth-order valence-corrected chi connectivity index (χ4v) is 8.34. The third-order valence-electron chi connectivity index (χ3n) is 9.75. The van der Waals surface area contributed by atoms with Gasteiger partial charge in [0.2, 0.25) is 5.71 Å². The molecule has 3 nitrogen and oxygen atoms in total. The standard InChI is InChI=1S/C33H45N3/c1-8-14-34-30-25-18-24-21(3)20-32(4,5)36(9-2)28(24)19-27(25)33(6,7)29-23-13-11-16-35-15-10-12-22(31(23)35)17-26(29)30/h17-19,21H,8-16,20H2,1-7H3/p+1. The van der Waals surface area contributed by atoms with E-state index in [9.17, 15) is 0 Å². The predicted octanol–water partition coefficient (Wildman–Crippen LogP) is 5.46. The van der Waals surface area contributed by atoms with Crippen molar-refractivity contribution < 1.29 is 4.99 Å². The van der Waals surface area contributed by atoms with E-state index < -0.39 is 0 Å². The molecule has 0 amide bonds. The monoisotopic (exact) mass is 484 g/mol. The first-order valence-corrected chi connectivity index (χ1v) is 14.7. The van der Waals surface area contributed by atoms with Gasteiger partial charge >= 0.3 is 0 Å². The molecule has 6 rings (SSSR count). The molecule has 2 aromatic rings. The zero-order valence-electron chi connectivity index (χ0n) is 23.8. The number of hydrogen-bond acceptors (Lipinski definition) is 2. The molecule has 2 aromatic carbocycles. The Labute approximate surface area is 219 Å². The molecule has 192 valence electrons. The average molecular weight is 485 g/mol. The number of nitrogens with zero attached hydrogens (tertiary/aromatic N) is 2. The van der Waals surface area contributed by atoms with E-state index in [2.05, 4.69) is 81.5 Å². The van der Waals surface area contributed by atoms with Gasteiger partial charge in [0.05, 0.1) is 11.1 Å². The minimum Gasteiger partial charge on any atom is -0.371 e. The molecule has 36 heavy (non-hydrogen) atoms. The summed E-state index contributed by atoms with van der Waals surface area (Å²) in [5.74, 6) is 0.568. The van der Waals surface area contributed by atoms with Crippen LogP contribution in [0.4, 0.5) is 11.4 Å². The summed E-state index contributed by atoms with van der Waals surface area (Å²) in [6.07, 6.45) is 7.36. The molecule has 0 radical (unpaired) electrons. The molecule has 1 N–H and O–H groups in total. The minimum atomic E-state index is -0.0217. The van der Waals surface area contributed by atoms with Crippen molar-refractivity contribution in [3.8, 4) is 0 Å². The van der Waals surface area contributed by atoms with Crippen molar-refractivity contribution in [2.45, 2.75) is 104 Å². The van der Waals surface area contributed by atoms with Crippen LogP contribution in [-0.4, -0.2) is 37.4 Å². The third-order valence-corrected chi connectivity index (χ3v) is 9.75. The van der Waals surface area contributed by atoms with Crippen molar-refractivity contribution in [3.63, 3.8) is 0 Å². The molecule has 4 aliphatic rings. The lowest BCUT2D eigenvalue weighted by molar-refractivity contribution is -0.455. The Morgan fingerprint density at radius 2 is 1.72 bits per heavy atom. The largest absolute Gasteiger partial charge is 0.371 e. The maximum absolute atomic E-state index is 3.96. The average Bonchev–Trinajstić information content (AvgIpc) is 2.83. The van der Waals surface area contributed by atoms with Crippen LogP contribution in [0.3, 0.4) is 0 Å². The summed E-state index contributed by atoms with van der Waals surface area (Å²) >= 11 is 0. The first-order chi connectivity index (χ1) is 17.2. The zero-order chi connectivity index (χ0) is 25.4. The van der Waals surface area contributed by atoms with Gasteiger partial charge < -0.3 is 9.80 Å². The normalized spacial score (nSPS) is 24.2. The molecule has 1 aliphatic carbocycles. The molecule has 3 heterocycles. The lowest BCUT2D eigenvalue weighted by Gasteiger charge is -2.49. The molecule has 3 heteroatoms. The number of nitrogens with one attached hydrogen (secondary N) is 1. The maximum atomic E-state index is 3.96. The van der Waals surface area contributed by atoms with E-state index in [0.717, 1.165) is 19.5 Å². The number of rotatable bonds is 3. The number of fused-ring (bicyclic) bond motifs is 4. The van der Waals surface area contributed by atoms with E-state index in [-0.39, 0.29) is 11.0 Å². The van der Waals surface area contributed by atoms with E-state index in [1.54, 1.807) is 22.4 Å². The van der Waals surface area contributed by atoms with Gasteiger partial charge in [0.1, 0.15) is 6.54 Å². The first-order valence-electron chi connectivity index (χ1n) is 14.7. The molecule has 1 unspecified atom stereocenters. The van der Waals surface area contributed by atoms with Crippen LogP contribution in [-0.2, 0) is 18.3 Å². The molecule has 0 aromatic heterocycles. The van der Waals surface area contributed by atoms with Crippen LogP contribution in [0.25, 0.3) is 0 Å². The van der Waals surface area contributed by atoms with Crippen LogP contribution >= 0.6 is 0 Å². The lowest BCUT2D eigenvalue weighted by Crippen LogP contribution is -2.74. The van der Waals surface area contributed by atoms with E-state index in [1.165, 1.54) is 78.8 Å². The van der Waals surface area contributed by atoms with Crippen molar-refractivity contribution >= 4 is 17.1 Å². The van der Waals surface area contributed by atoms with E-state index >= 15 is 0 Å². The van der Waals surface area contributed by atoms with Gasteiger partial charge in [0, 0.05) is 48.4 Å². The predicted molar refractivity (Wildman–Crippen MR) is 153 cm³/mol. The SMILES string of the molecule is CCC[NH+]=C1c2cc3c(cc2C(C)(C)c2c1cc1c4c2CCCN4CCC1)N(CC)C(C)(C)CC3C. The number of aryl methyl sites for hydroxylation is 1. The molecular formula is C33H46N3+. The Hall–Kier alpha value is -2.29. The first kappa shape index (κ1) is 24.1. The Bertz CT molecular complexity index is 1250. The summed E-state index contributed by atoms with van der Waals surface area (Å²) in [7, 11) is 0. The summed E-state index contributed by atoms with van der Waals surface area (Å²) < 4.78 is 0. The lowest BCUT2D eigenvalue weighted by atomic mass is 9.63. The smallest absolute Gasteiger partial charge is 0.213 e. The number of hydrogen-bond donors (Lipinski definition) is 1. The third kappa shape index (κ3) is 3.33. The van der Waals surface area contributed by atoms with Gasteiger partial charge in [-0.2, -0.15) is 0 Å². The molecule has 0 bridgehead atoms. The maximum Gasteiger partial charge on any atom is 0.213 e. The van der Waals surface area contributed by atoms with Crippen molar-refractivity contribution in [1.82, 2.24) is 0 Å². The Kier molecular flexibility index (Phi) is 5.59. The highest BCUT2D eigenvalue weighted by molar-refractivity contribution is 6.14.